The Labute approximate surface area is 242 Å². The lowest BCUT2D eigenvalue weighted by molar-refractivity contribution is 0.0695. The van der Waals surface area contributed by atoms with E-state index in [1.165, 1.54) is 12.3 Å². The maximum atomic E-state index is 12.8. The molecule has 4 aromatic rings. The van der Waals surface area contributed by atoms with Gasteiger partial charge in [0.25, 0.3) is 6.01 Å². The molecule has 2 aliphatic rings. The number of oxazole rings is 1. The summed E-state index contributed by atoms with van der Waals surface area (Å²) in [7, 11) is 1.70. The molecule has 0 atom stereocenters. The van der Waals surface area contributed by atoms with Crippen molar-refractivity contribution in [2.75, 3.05) is 69.3 Å². The molecule has 1 N–H and O–H groups in total. The zero-order valence-corrected chi connectivity index (χ0v) is 23.5. The van der Waals surface area contributed by atoms with E-state index in [2.05, 4.69) is 20.8 Å². The second-order valence-electron chi connectivity index (χ2n) is 10.6. The summed E-state index contributed by atoms with van der Waals surface area (Å²) in [6.07, 6.45) is 3.50. The normalized spacial score (nSPS) is 15.8. The van der Waals surface area contributed by atoms with E-state index in [4.69, 9.17) is 14.1 Å². The summed E-state index contributed by atoms with van der Waals surface area (Å²) in [6, 6.07) is 15.1. The molecular formula is C31H32N6O5. The molecule has 11 nitrogen and oxygen atoms in total. The molecule has 0 spiro atoms. The minimum atomic E-state index is -1.31. The number of nitriles is 1. The third-order valence-electron chi connectivity index (χ3n) is 8.03. The van der Waals surface area contributed by atoms with Crippen molar-refractivity contribution in [1.29, 1.82) is 5.26 Å². The Balaban J connectivity index is 1.37. The van der Waals surface area contributed by atoms with Crippen LogP contribution in [0.5, 0.6) is 0 Å². The predicted molar refractivity (Wildman–Crippen MR) is 159 cm³/mol. The first-order chi connectivity index (χ1) is 20.4. The SMILES string of the molecule is COCCN1CCN(c2nc3ccc(-n4cc(C(=O)O)c(=O)cc4-c4ccc(N5CCCC5)c(C#N)c4)cc3o2)CC1. The molecule has 0 amide bonds. The van der Waals surface area contributed by atoms with E-state index in [-0.39, 0.29) is 5.56 Å². The van der Waals surface area contributed by atoms with Crippen molar-refractivity contribution in [1.82, 2.24) is 14.5 Å². The second kappa shape index (κ2) is 11.7. The van der Waals surface area contributed by atoms with E-state index >= 15 is 0 Å². The monoisotopic (exact) mass is 568 g/mol. The Kier molecular flexibility index (Phi) is 7.65. The Morgan fingerprint density at radius 1 is 1.05 bits per heavy atom. The van der Waals surface area contributed by atoms with E-state index in [9.17, 15) is 20.0 Å². The number of rotatable bonds is 8. The number of carboxylic acids is 1. The molecule has 6 rings (SSSR count). The molecule has 2 aliphatic heterocycles. The number of carboxylic acid groups (broad SMARTS) is 1. The summed E-state index contributed by atoms with van der Waals surface area (Å²) < 4.78 is 13.0. The van der Waals surface area contributed by atoms with Crippen molar-refractivity contribution in [3.05, 3.63) is 70.0 Å². The molecule has 0 radical (unpaired) electrons. The van der Waals surface area contributed by atoms with Gasteiger partial charge in [-0.15, -0.1) is 0 Å². The van der Waals surface area contributed by atoms with Crippen molar-refractivity contribution < 1.29 is 19.1 Å². The fourth-order valence-corrected chi connectivity index (χ4v) is 5.72. The number of pyridine rings is 1. The lowest BCUT2D eigenvalue weighted by Crippen LogP contribution is -2.47. The quantitative estimate of drug-likeness (QED) is 0.337. The maximum absolute atomic E-state index is 12.8. The standard InChI is InChI=1S/C31H32N6O5/c1-41-15-14-34-10-12-36(13-11-34)31-33-25-6-5-23(17-29(25)42-31)37-20-24(30(39)40)28(38)18-27(37)21-4-7-26(22(16-21)19-32)35-8-2-3-9-35/h4-7,16-18,20H,2-3,8-15H2,1H3,(H,39,40). The van der Waals surface area contributed by atoms with Gasteiger partial charge in [0.05, 0.1) is 23.6 Å². The number of carbonyl (C=O) groups is 1. The molecule has 0 saturated carbocycles. The number of methoxy groups -OCH3 is 1. The van der Waals surface area contributed by atoms with Crippen molar-refractivity contribution in [3.8, 4) is 23.0 Å². The fraction of sp³-hybridized carbons (Fsp3) is 0.355. The fourth-order valence-electron chi connectivity index (χ4n) is 5.72. The van der Waals surface area contributed by atoms with Gasteiger partial charge in [0.2, 0.25) is 0 Å². The molecule has 0 bridgehead atoms. The number of aromatic carboxylic acids is 1. The summed E-state index contributed by atoms with van der Waals surface area (Å²) in [5, 5.41) is 19.7. The second-order valence-corrected chi connectivity index (χ2v) is 10.6. The average Bonchev–Trinajstić information content (AvgIpc) is 3.70. The predicted octanol–water partition coefficient (Wildman–Crippen LogP) is 3.58. The number of benzene rings is 2. The third kappa shape index (κ3) is 5.34. The van der Waals surface area contributed by atoms with Crippen molar-refractivity contribution in [2.24, 2.45) is 0 Å². The Morgan fingerprint density at radius 3 is 2.55 bits per heavy atom. The summed E-state index contributed by atoms with van der Waals surface area (Å²) in [4.78, 5) is 36.1. The number of ether oxygens (including phenoxy) is 1. The van der Waals surface area contributed by atoms with Gasteiger partial charge in [0, 0.05) is 82.5 Å². The van der Waals surface area contributed by atoms with Crippen LogP contribution in [0.15, 0.2) is 57.9 Å². The minimum Gasteiger partial charge on any atom is -0.477 e. The van der Waals surface area contributed by atoms with Crippen LogP contribution in [0.25, 0.3) is 28.0 Å². The minimum absolute atomic E-state index is 0.349. The molecule has 0 unspecified atom stereocenters. The van der Waals surface area contributed by atoms with Gasteiger partial charge in [-0.3, -0.25) is 9.69 Å². The van der Waals surface area contributed by atoms with Gasteiger partial charge < -0.3 is 28.6 Å². The molecular weight excluding hydrogens is 536 g/mol. The van der Waals surface area contributed by atoms with E-state index in [1.54, 1.807) is 23.8 Å². The summed E-state index contributed by atoms with van der Waals surface area (Å²) in [5.74, 6) is -1.31. The number of fused-ring (bicyclic) bond motifs is 1. The molecule has 2 aromatic carbocycles. The maximum Gasteiger partial charge on any atom is 0.341 e. The Hall–Kier alpha value is -4.66. The van der Waals surface area contributed by atoms with Crippen LogP contribution in [-0.2, 0) is 4.74 Å². The molecule has 4 heterocycles. The average molecular weight is 569 g/mol. The van der Waals surface area contributed by atoms with E-state index in [0.717, 1.165) is 64.3 Å². The van der Waals surface area contributed by atoms with Gasteiger partial charge in [-0.1, -0.05) is 6.07 Å². The molecule has 2 fully saturated rings. The van der Waals surface area contributed by atoms with Crippen LogP contribution in [0.4, 0.5) is 11.7 Å². The van der Waals surface area contributed by atoms with Crippen molar-refractivity contribution >= 4 is 28.8 Å². The highest BCUT2D eigenvalue weighted by molar-refractivity contribution is 5.88. The number of hydrogen-bond acceptors (Lipinski definition) is 9. The Morgan fingerprint density at radius 2 is 1.83 bits per heavy atom. The summed E-state index contributed by atoms with van der Waals surface area (Å²) in [6.45, 7) is 6.71. The summed E-state index contributed by atoms with van der Waals surface area (Å²) >= 11 is 0. The molecule has 2 saturated heterocycles. The first-order valence-corrected chi connectivity index (χ1v) is 14.1. The van der Waals surface area contributed by atoms with Gasteiger partial charge in [0.1, 0.15) is 17.1 Å². The van der Waals surface area contributed by atoms with Crippen LogP contribution in [0, 0.1) is 11.3 Å². The van der Waals surface area contributed by atoms with Crippen LogP contribution < -0.4 is 15.2 Å². The highest BCUT2D eigenvalue weighted by Gasteiger charge is 2.22. The van der Waals surface area contributed by atoms with Crippen molar-refractivity contribution in [2.45, 2.75) is 12.8 Å². The van der Waals surface area contributed by atoms with E-state index in [1.807, 2.05) is 24.3 Å². The van der Waals surface area contributed by atoms with Crippen LogP contribution in [0.1, 0.15) is 28.8 Å². The highest BCUT2D eigenvalue weighted by atomic mass is 16.5. The Bertz CT molecular complexity index is 1720. The summed E-state index contributed by atoms with van der Waals surface area (Å²) in [5.41, 5.74) is 3.36. The van der Waals surface area contributed by atoms with Crippen LogP contribution in [-0.4, -0.2) is 85.1 Å². The number of anilines is 2. The lowest BCUT2D eigenvalue weighted by atomic mass is 10.0. The highest BCUT2D eigenvalue weighted by Crippen LogP contribution is 2.32. The van der Waals surface area contributed by atoms with E-state index < -0.39 is 11.4 Å². The lowest BCUT2D eigenvalue weighted by Gasteiger charge is -2.33. The number of aromatic nitrogens is 2. The number of piperazine rings is 1. The van der Waals surface area contributed by atoms with Gasteiger partial charge in [-0.05, 0) is 37.1 Å². The zero-order chi connectivity index (χ0) is 29.2. The van der Waals surface area contributed by atoms with Crippen LogP contribution in [0.3, 0.4) is 0 Å². The third-order valence-corrected chi connectivity index (χ3v) is 8.03. The first kappa shape index (κ1) is 27.5. The van der Waals surface area contributed by atoms with Gasteiger partial charge in [-0.25, -0.2) is 4.79 Å². The van der Waals surface area contributed by atoms with Crippen LogP contribution in [0.2, 0.25) is 0 Å². The molecule has 0 aliphatic carbocycles. The number of hydrogen-bond donors (Lipinski definition) is 1. The largest absolute Gasteiger partial charge is 0.477 e. The molecule has 11 heteroatoms. The topological polar surface area (TPSA) is 128 Å². The van der Waals surface area contributed by atoms with Gasteiger partial charge in [0.15, 0.2) is 11.0 Å². The molecule has 216 valence electrons. The zero-order valence-electron chi connectivity index (χ0n) is 23.5. The van der Waals surface area contributed by atoms with Gasteiger partial charge in [-0.2, -0.15) is 10.2 Å². The van der Waals surface area contributed by atoms with Crippen LogP contribution >= 0.6 is 0 Å². The van der Waals surface area contributed by atoms with Gasteiger partial charge >= 0.3 is 5.97 Å². The first-order valence-electron chi connectivity index (χ1n) is 14.1. The van der Waals surface area contributed by atoms with Crippen molar-refractivity contribution in [3.63, 3.8) is 0 Å². The molecule has 2 aromatic heterocycles. The van der Waals surface area contributed by atoms with E-state index in [0.29, 0.717) is 46.2 Å². The number of nitrogens with zero attached hydrogens (tertiary/aromatic N) is 6. The smallest absolute Gasteiger partial charge is 0.341 e. The molecule has 42 heavy (non-hydrogen) atoms.